The van der Waals surface area contributed by atoms with Crippen LogP contribution in [0.2, 0.25) is 0 Å². The van der Waals surface area contributed by atoms with Crippen molar-refractivity contribution in [1.29, 1.82) is 0 Å². The molecule has 0 aromatic carbocycles. The number of aliphatic hydroxyl groups is 1. The van der Waals surface area contributed by atoms with E-state index in [0.29, 0.717) is 0 Å². The maximum Gasteiger partial charge on any atom is 0.490 e. The molecule has 1 fully saturated rings. The number of ether oxygens (including phenoxy) is 2. The van der Waals surface area contributed by atoms with Crippen LogP contribution in [0.1, 0.15) is 6.23 Å². The lowest BCUT2D eigenvalue weighted by Gasteiger charge is -2.23. The van der Waals surface area contributed by atoms with Gasteiger partial charge in [0.1, 0.15) is 18.3 Å². The van der Waals surface area contributed by atoms with E-state index in [4.69, 9.17) is 29.5 Å². The van der Waals surface area contributed by atoms with Crippen LogP contribution < -0.4 is 11.3 Å². The second kappa shape index (κ2) is 10.3. The molecule has 2 aromatic rings. The first-order chi connectivity index (χ1) is 16.1. The van der Waals surface area contributed by atoms with Gasteiger partial charge in [0.15, 0.2) is 17.4 Å². The minimum Gasteiger partial charge on any atom is -0.386 e. The fourth-order valence-electron chi connectivity index (χ4n) is 3.06. The third kappa shape index (κ3) is 6.90. The van der Waals surface area contributed by atoms with E-state index in [9.17, 15) is 33.4 Å². The van der Waals surface area contributed by atoms with Gasteiger partial charge >= 0.3 is 23.5 Å². The molecular formula is C13H20N5O14P3. The molecule has 1 aliphatic rings. The molecule has 0 aliphatic carbocycles. The van der Waals surface area contributed by atoms with Crippen LogP contribution in [0.5, 0.6) is 0 Å². The number of nitrogens with zero attached hydrogens (tertiary/aromatic N) is 3. The van der Waals surface area contributed by atoms with Gasteiger partial charge < -0.3 is 39.9 Å². The van der Waals surface area contributed by atoms with Gasteiger partial charge in [-0.05, 0) is 0 Å². The van der Waals surface area contributed by atoms with E-state index in [2.05, 4.69) is 30.2 Å². The number of fused-ring (bicyclic) bond motifs is 1. The number of H-pyrrole nitrogens is 1. The van der Waals surface area contributed by atoms with Gasteiger partial charge in [0.05, 0.1) is 19.5 Å². The molecule has 8 N–H and O–H groups in total. The first kappa shape index (κ1) is 27.8. The number of imidazole rings is 1. The second-order valence-electron chi connectivity index (χ2n) is 6.82. The van der Waals surface area contributed by atoms with Crippen LogP contribution >= 0.6 is 23.5 Å². The summed E-state index contributed by atoms with van der Waals surface area (Å²) >= 11 is 0. The smallest absolute Gasteiger partial charge is 0.386 e. The molecule has 3 heterocycles. The molecule has 1 saturated heterocycles. The average molecular weight is 563 g/mol. The van der Waals surface area contributed by atoms with Gasteiger partial charge in [-0.3, -0.25) is 18.9 Å². The lowest BCUT2D eigenvalue weighted by atomic mass is 10.1. The second-order valence-corrected chi connectivity index (χ2v) is 11.2. The molecule has 3 rings (SSSR count). The summed E-state index contributed by atoms with van der Waals surface area (Å²) in [6, 6.07) is 0. The maximum atomic E-state index is 12.3. The van der Waals surface area contributed by atoms with E-state index in [1.807, 2.05) is 0 Å². The Morgan fingerprint density at radius 3 is 2.54 bits per heavy atom. The highest BCUT2D eigenvalue weighted by atomic mass is 31.3. The molecule has 19 nitrogen and oxygen atoms in total. The zero-order valence-corrected chi connectivity index (χ0v) is 19.9. The van der Waals surface area contributed by atoms with E-state index >= 15 is 0 Å². The third-order valence-electron chi connectivity index (χ3n) is 4.22. The highest BCUT2D eigenvalue weighted by Crippen LogP contribution is 2.67. The summed E-state index contributed by atoms with van der Waals surface area (Å²) in [5.41, 5.74) is 4.54. The van der Waals surface area contributed by atoms with Gasteiger partial charge in [-0.2, -0.15) is 13.6 Å². The van der Waals surface area contributed by atoms with Crippen molar-refractivity contribution in [3.63, 3.8) is 0 Å². The fourth-order valence-corrected chi connectivity index (χ4v) is 6.29. The molecule has 2 unspecified atom stereocenters. The molecule has 22 heteroatoms. The molecule has 0 spiro atoms. The number of aromatic nitrogens is 4. The number of phosphoric acid groups is 3. The van der Waals surface area contributed by atoms with Gasteiger partial charge in [-0.25, -0.2) is 18.7 Å². The Morgan fingerprint density at radius 1 is 1.23 bits per heavy atom. The summed E-state index contributed by atoms with van der Waals surface area (Å²) in [5.74, 6) is -0.285. The zero-order chi connectivity index (χ0) is 26.2. The van der Waals surface area contributed by atoms with Crippen LogP contribution in [0.4, 0.5) is 5.95 Å². The van der Waals surface area contributed by atoms with Gasteiger partial charge in [0, 0.05) is 0 Å². The standard InChI is InChI=1S/C13H20N5O14P3/c1-2-3-28-4-6-9(30-34(24,25)32-35(26,27)31-33(21,22)23)8(19)12(29-6)18-5-15-7-10(18)16-13(14)17-11(7)20/h2,5-6,8-9,12,19H,1,3-4H2,(H,24,25)(H,26,27)(H2,21,22,23)(H3,14,16,17,20)/t6-,8-,9-,12-/m1/s1. The molecule has 196 valence electrons. The Kier molecular flexibility index (Phi) is 8.15. The lowest BCUT2D eigenvalue weighted by molar-refractivity contribution is -0.0616. The van der Waals surface area contributed by atoms with Crippen molar-refractivity contribution in [2.75, 3.05) is 18.9 Å². The van der Waals surface area contributed by atoms with E-state index in [1.54, 1.807) is 0 Å². The molecule has 0 bridgehead atoms. The van der Waals surface area contributed by atoms with Crippen LogP contribution in [-0.4, -0.2) is 75.7 Å². The summed E-state index contributed by atoms with van der Waals surface area (Å²) in [6.07, 6.45) is -4.00. The number of anilines is 1. The number of nitrogen functional groups attached to an aromatic ring is 1. The minimum absolute atomic E-state index is 0.00985. The molecule has 35 heavy (non-hydrogen) atoms. The molecule has 2 aromatic heterocycles. The van der Waals surface area contributed by atoms with Gasteiger partial charge in [0.2, 0.25) is 5.95 Å². The number of hydrogen-bond donors (Lipinski definition) is 7. The average Bonchev–Trinajstić information content (AvgIpc) is 3.21. The normalized spacial score (nSPS) is 26.4. The zero-order valence-electron chi connectivity index (χ0n) is 17.3. The molecule has 0 amide bonds. The van der Waals surface area contributed by atoms with E-state index in [-0.39, 0.29) is 30.3 Å². The molecular weight excluding hydrogens is 543 g/mol. The number of nitrogens with two attached hydrogens (primary N) is 1. The van der Waals surface area contributed by atoms with Crippen molar-refractivity contribution in [3.8, 4) is 0 Å². The number of nitrogens with one attached hydrogen (secondary N) is 1. The first-order valence-electron chi connectivity index (χ1n) is 9.19. The number of phosphoric ester groups is 1. The highest BCUT2D eigenvalue weighted by molar-refractivity contribution is 7.66. The SMILES string of the molecule is C=CCOC[C@H]1O[C@@H](n2cnc3c(=O)[nH]c(N)nc32)[C@H](O)[C@@H]1OP(=O)(O)OP(=O)(O)OP(=O)(O)O. The Hall–Kier alpha value is -1.82. The van der Waals surface area contributed by atoms with Crippen LogP contribution in [0, 0.1) is 0 Å². The van der Waals surface area contributed by atoms with Crippen LogP contribution in [0.15, 0.2) is 23.8 Å². The number of rotatable bonds is 11. The molecule has 6 atom stereocenters. The monoisotopic (exact) mass is 563 g/mol. The quantitative estimate of drug-likeness (QED) is 0.0967. The fraction of sp³-hybridized carbons (Fsp3) is 0.462. The summed E-state index contributed by atoms with van der Waals surface area (Å²) in [7, 11) is -17.1. The Morgan fingerprint density at radius 2 is 1.91 bits per heavy atom. The van der Waals surface area contributed by atoms with E-state index in [0.717, 1.165) is 10.9 Å². The van der Waals surface area contributed by atoms with Crippen molar-refractivity contribution >= 4 is 40.6 Å². The van der Waals surface area contributed by atoms with Gasteiger partial charge in [-0.1, -0.05) is 6.08 Å². The Balaban J connectivity index is 1.90. The van der Waals surface area contributed by atoms with Crippen molar-refractivity contribution < 1.29 is 61.0 Å². The van der Waals surface area contributed by atoms with Crippen molar-refractivity contribution in [2.24, 2.45) is 0 Å². The maximum absolute atomic E-state index is 12.3. The van der Waals surface area contributed by atoms with Crippen molar-refractivity contribution in [1.82, 2.24) is 19.5 Å². The van der Waals surface area contributed by atoms with Gasteiger partial charge in [-0.15, -0.1) is 6.58 Å². The lowest BCUT2D eigenvalue weighted by Crippen LogP contribution is -2.36. The summed E-state index contributed by atoms with van der Waals surface area (Å²) in [5, 5.41) is 10.8. The Labute approximate surface area is 194 Å². The van der Waals surface area contributed by atoms with E-state index in [1.165, 1.54) is 6.08 Å². The third-order valence-corrected chi connectivity index (χ3v) is 8.06. The molecule has 1 aliphatic heterocycles. The largest absolute Gasteiger partial charge is 0.490 e. The van der Waals surface area contributed by atoms with Crippen LogP contribution in [0.25, 0.3) is 11.2 Å². The van der Waals surface area contributed by atoms with Crippen molar-refractivity contribution in [2.45, 2.75) is 24.5 Å². The summed E-state index contributed by atoms with van der Waals surface area (Å²) < 4.78 is 58.8. The predicted molar refractivity (Wildman–Crippen MR) is 112 cm³/mol. The molecule has 0 saturated carbocycles. The number of aromatic amines is 1. The molecule has 0 radical (unpaired) electrons. The number of hydrogen-bond acceptors (Lipinski definition) is 13. The Bertz CT molecular complexity index is 1290. The van der Waals surface area contributed by atoms with Crippen LogP contribution in [0.3, 0.4) is 0 Å². The summed E-state index contributed by atoms with van der Waals surface area (Å²) in [4.78, 5) is 58.5. The number of aliphatic hydroxyl groups excluding tert-OH is 1. The summed E-state index contributed by atoms with van der Waals surface area (Å²) in [6.45, 7) is 3.06. The van der Waals surface area contributed by atoms with Crippen molar-refractivity contribution in [3.05, 3.63) is 29.3 Å². The van der Waals surface area contributed by atoms with Crippen LogP contribution in [-0.2, 0) is 36.3 Å². The van der Waals surface area contributed by atoms with E-state index < -0.39 is 53.6 Å². The van der Waals surface area contributed by atoms with Gasteiger partial charge in [0.25, 0.3) is 5.56 Å². The predicted octanol–water partition coefficient (Wildman–Crippen LogP) is -1.13. The minimum atomic E-state index is -5.81. The first-order valence-corrected chi connectivity index (χ1v) is 13.7. The topological polar surface area (TPSA) is 288 Å². The highest BCUT2D eigenvalue weighted by Gasteiger charge is 2.51.